The van der Waals surface area contributed by atoms with Crippen molar-refractivity contribution in [1.29, 1.82) is 0 Å². The Labute approximate surface area is 250 Å². The fourth-order valence-electron chi connectivity index (χ4n) is 3.97. The van der Waals surface area contributed by atoms with Crippen LogP contribution in [0.5, 0.6) is 23.0 Å². The van der Waals surface area contributed by atoms with Crippen LogP contribution in [0.4, 0.5) is 26.3 Å². The molecule has 0 amide bonds. The Bertz CT molecular complexity index is 1560. The Morgan fingerprint density at radius 3 is 1.16 bits per heavy atom. The molecule has 43 heavy (non-hydrogen) atoms. The summed E-state index contributed by atoms with van der Waals surface area (Å²) in [6.45, 7) is 2.20. The summed E-state index contributed by atoms with van der Waals surface area (Å²) in [5, 5.41) is -0.464. The molecule has 5 nitrogen and oxygen atoms in total. The molecule has 0 N–H and O–H groups in total. The van der Waals surface area contributed by atoms with Crippen molar-refractivity contribution in [3.63, 3.8) is 0 Å². The number of ether oxygens (including phenoxy) is 3. The summed E-state index contributed by atoms with van der Waals surface area (Å²) in [4.78, 5) is 23.7. The van der Waals surface area contributed by atoms with Crippen molar-refractivity contribution in [2.45, 2.75) is 26.2 Å². The maximum Gasteiger partial charge on any atom is 0.416 e. The lowest BCUT2D eigenvalue weighted by Gasteiger charge is -2.18. The molecule has 0 aliphatic heterocycles. The second-order valence-electron chi connectivity index (χ2n) is 8.95. The van der Waals surface area contributed by atoms with Crippen LogP contribution in [0.25, 0.3) is 22.3 Å². The van der Waals surface area contributed by atoms with E-state index in [0.717, 1.165) is 38.1 Å². The highest BCUT2D eigenvalue weighted by atomic mass is 35.5. The first kappa shape index (κ1) is 31.7. The van der Waals surface area contributed by atoms with E-state index >= 15 is 0 Å². The molecule has 0 aliphatic carbocycles. The summed E-state index contributed by atoms with van der Waals surface area (Å²) in [5.74, 6) is -2.14. The number of carbonyl (C=O) groups is 2. The summed E-state index contributed by atoms with van der Waals surface area (Å²) >= 11 is 13.0. The Balaban J connectivity index is 1.75. The molecule has 0 aromatic heterocycles. The predicted molar refractivity (Wildman–Crippen MR) is 146 cm³/mol. The van der Waals surface area contributed by atoms with Gasteiger partial charge in [-0.15, -0.1) is 0 Å². The van der Waals surface area contributed by atoms with Crippen molar-refractivity contribution in [2.24, 2.45) is 0 Å². The number of halogens is 8. The quantitative estimate of drug-likeness (QED) is 0.119. The van der Waals surface area contributed by atoms with Gasteiger partial charge < -0.3 is 14.2 Å². The normalized spacial score (nSPS) is 11.7. The first-order chi connectivity index (χ1) is 20.1. The van der Waals surface area contributed by atoms with Gasteiger partial charge in [0.25, 0.3) is 0 Å². The van der Waals surface area contributed by atoms with Gasteiger partial charge in [0.15, 0.2) is 11.5 Å². The number of hydrogen-bond acceptors (Lipinski definition) is 5. The zero-order chi connectivity index (χ0) is 31.7. The number of benzene rings is 4. The summed E-state index contributed by atoms with van der Waals surface area (Å²) in [7, 11) is 0. The van der Waals surface area contributed by atoms with Crippen LogP contribution >= 0.6 is 23.2 Å². The molecule has 0 spiro atoms. The van der Waals surface area contributed by atoms with E-state index in [2.05, 4.69) is 0 Å². The van der Waals surface area contributed by atoms with Crippen molar-refractivity contribution >= 4 is 35.1 Å². The van der Waals surface area contributed by atoms with Crippen molar-refractivity contribution < 1.29 is 50.1 Å². The van der Waals surface area contributed by atoms with Crippen LogP contribution in [0.3, 0.4) is 0 Å². The van der Waals surface area contributed by atoms with E-state index in [0.29, 0.717) is 0 Å². The molecule has 4 rings (SSSR count). The summed E-state index contributed by atoms with van der Waals surface area (Å²) in [5.41, 5.74) is -0.873. The highest BCUT2D eigenvalue weighted by Crippen LogP contribution is 2.48. The van der Waals surface area contributed by atoms with Gasteiger partial charge in [0, 0.05) is 25.0 Å². The molecule has 4 aromatic rings. The monoisotopic (exact) mass is 642 g/mol. The first-order valence-electron chi connectivity index (χ1n) is 12.1. The molecule has 0 atom stereocenters. The molecule has 224 valence electrons. The molecule has 0 fully saturated rings. The van der Waals surface area contributed by atoms with Crippen LogP contribution in [-0.2, 0) is 21.9 Å². The second-order valence-corrected chi connectivity index (χ2v) is 9.70. The highest BCUT2D eigenvalue weighted by Gasteiger charge is 2.31. The van der Waals surface area contributed by atoms with Crippen molar-refractivity contribution in [1.82, 2.24) is 0 Å². The molecule has 0 aliphatic rings. The van der Waals surface area contributed by atoms with Gasteiger partial charge in [-0.25, -0.2) is 0 Å². The molecular formula is C30H18Cl2F6O5. The minimum atomic E-state index is -4.56. The molecule has 0 heterocycles. The van der Waals surface area contributed by atoms with Crippen LogP contribution in [-0.4, -0.2) is 11.9 Å². The Hall–Kier alpha value is -4.22. The zero-order valence-corrected chi connectivity index (χ0v) is 23.5. The summed E-state index contributed by atoms with van der Waals surface area (Å²) in [6.07, 6.45) is -9.11. The number of esters is 2. The fourth-order valence-corrected chi connectivity index (χ4v) is 4.46. The molecule has 0 bridgehead atoms. The Morgan fingerprint density at radius 1 is 0.558 bits per heavy atom. The second kappa shape index (κ2) is 12.2. The summed E-state index contributed by atoms with van der Waals surface area (Å²) < 4.78 is 94.5. The topological polar surface area (TPSA) is 61.8 Å². The minimum absolute atomic E-state index is 0.0912. The van der Waals surface area contributed by atoms with Gasteiger partial charge in [-0.3, -0.25) is 9.59 Å². The fraction of sp³-hybridized carbons (Fsp3) is 0.133. The van der Waals surface area contributed by atoms with E-state index in [-0.39, 0.29) is 55.3 Å². The van der Waals surface area contributed by atoms with Gasteiger partial charge in [0.2, 0.25) is 0 Å². The number of carbonyl (C=O) groups excluding carboxylic acids is 2. The van der Waals surface area contributed by atoms with E-state index in [1.807, 2.05) is 0 Å². The van der Waals surface area contributed by atoms with Gasteiger partial charge in [0.1, 0.15) is 21.5 Å². The maximum absolute atomic E-state index is 13.0. The van der Waals surface area contributed by atoms with Gasteiger partial charge >= 0.3 is 24.3 Å². The smallest absolute Gasteiger partial charge is 0.416 e. The lowest BCUT2D eigenvalue weighted by atomic mass is 10.0. The first-order valence-corrected chi connectivity index (χ1v) is 12.9. The van der Waals surface area contributed by atoms with Crippen LogP contribution in [0.1, 0.15) is 25.0 Å². The molecule has 4 aromatic carbocycles. The number of hydrogen-bond donors (Lipinski definition) is 0. The highest BCUT2D eigenvalue weighted by molar-refractivity contribution is 6.35. The molecule has 0 unspecified atom stereocenters. The van der Waals surface area contributed by atoms with E-state index in [4.69, 9.17) is 37.4 Å². The third kappa shape index (κ3) is 7.23. The largest absolute Gasteiger partial charge is 0.454 e. The summed E-state index contributed by atoms with van der Waals surface area (Å²) in [6, 6.07) is 13.7. The SMILES string of the molecule is CC(=O)Oc1c(-c2ccc(C(F)(F)F)cc2)ccc(Oc2ccc(-c3ccc(C(F)(F)F)cc3)c(OC(C)=O)c2Cl)c1Cl. The molecular weight excluding hydrogens is 625 g/mol. The van der Waals surface area contributed by atoms with Gasteiger partial charge in [0.05, 0.1) is 11.1 Å². The van der Waals surface area contributed by atoms with Crippen LogP contribution < -0.4 is 14.2 Å². The predicted octanol–water partition coefficient (Wildman–Crippen LogP) is 10.0. The van der Waals surface area contributed by atoms with E-state index in [9.17, 15) is 35.9 Å². The van der Waals surface area contributed by atoms with E-state index < -0.39 is 35.4 Å². The van der Waals surface area contributed by atoms with Gasteiger partial charge in [-0.05, 0) is 59.7 Å². The lowest BCUT2D eigenvalue weighted by Crippen LogP contribution is -2.06. The Morgan fingerprint density at radius 2 is 0.884 bits per heavy atom. The molecule has 13 heteroatoms. The van der Waals surface area contributed by atoms with E-state index in [1.54, 1.807) is 0 Å². The number of alkyl halides is 6. The zero-order valence-electron chi connectivity index (χ0n) is 22.0. The maximum atomic E-state index is 13.0. The van der Waals surface area contributed by atoms with Gasteiger partial charge in [-0.2, -0.15) is 26.3 Å². The minimum Gasteiger partial charge on any atom is -0.454 e. The Kier molecular flexibility index (Phi) is 8.98. The van der Waals surface area contributed by atoms with Crippen LogP contribution in [0.15, 0.2) is 72.8 Å². The van der Waals surface area contributed by atoms with Crippen LogP contribution in [0, 0.1) is 0 Å². The van der Waals surface area contributed by atoms with Gasteiger partial charge in [-0.1, -0.05) is 47.5 Å². The molecule has 0 radical (unpaired) electrons. The average molecular weight is 643 g/mol. The third-order valence-corrected chi connectivity index (χ3v) is 6.60. The number of rotatable bonds is 6. The van der Waals surface area contributed by atoms with Crippen LogP contribution in [0.2, 0.25) is 10.0 Å². The molecule has 0 saturated carbocycles. The van der Waals surface area contributed by atoms with E-state index in [1.165, 1.54) is 48.5 Å². The average Bonchev–Trinajstić information content (AvgIpc) is 2.92. The molecule has 0 saturated heterocycles. The lowest BCUT2D eigenvalue weighted by molar-refractivity contribution is -0.138. The third-order valence-electron chi connectivity index (χ3n) is 5.88. The van der Waals surface area contributed by atoms with Crippen molar-refractivity contribution in [3.8, 4) is 45.3 Å². The standard InChI is InChI=1S/C30H18Cl2F6O5/c1-15(39)41-27-21(17-3-7-19(8-4-17)29(33,34)35)11-13-23(25(27)31)43-24-14-12-22(28(26(24)32)42-16(2)40)18-5-9-20(10-6-18)30(36,37)38/h3-14H,1-2H3. The van der Waals surface area contributed by atoms with Crippen molar-refractivity contribution in [2.75, 3.05) is 0 Å². The van der Waals surface area contributed by atoms with Crippen molar-refractivity contribution in [3.05, 3.63) is 94.0 Å².